The van der Waals surface area contributed by atoms with Gasteiger partial charge < -0.3 is 25.1 Å². The van der Waals surface area contributed by atoms with Gasteiger partial charge in [-0.2, -0.15) is 0 Å². The highest BCUT2D eigenvalue weighted by Crippen LogP contribution is 2.35. The highest BCUT2D eigenvalue weighted by molar-refractivity contribution is 5.84. The number of methoxy groups -OCH3 is 1. The number of carbonyl (C=O) groups is 1. The number of rotatable bonds is 8. The van der Waals surface area contributed by atoms with Crippen molar-refractivity contribution in [2.24, 2.45) is 5.92 Å². The summed E-state index contributed by atoms with van der Waals surface area (Å²) in [6.07, 6.45) is 2.04. The minimum absolute atomic E-state index is 0.00675. The van der Waals surface area contributed by atoms with Crippen LogP contribution in [-0.2, 0) is 4.79 Å². The second-order valence-electron chi connectivity index (χ2n) is 7.29. The van der Waals surface area contributed by atoms with E-state index in [4.69, 9.17) is 9.47 Å². The summed E-state index contributed by atoms with van der Waals surface area (Å²) in [5.74, 6) is 1.58. The summed E-state index contributed by atoms with van der Waals surface area (Å²) in [6.45, 7) is 4.55. The topological polar surface area (TPSA) is 75.4 Å². The predicted octanol–water partition coefficient (Wildman–Crippen LogP) is 3.04. The fourth-order valence-corrected chi connectivity index (χ4v) is 3.79. The lowest BCUT2D eigenvalue weighted by Gasteiger charge is -2.27. The van der Waals surface area contributed by atoms with Crippen LogP contribution in [0.1, 0.15) is 24.0 Å². The number of fused-ring (bicyclic) bond motifs is 1. The van der Waals surface area contributed by atoms with E-state index in [0.717, 1.165) is 40.9 Å². The van der Waals surface area contributed by atoms with Gasteiger partial charge >= 0.3 is 0 Å². The minimum Gasteiger partial charge on any atom is -0.493 e. The third kappa shape index (κ3) is 3.93. The molecule has 1 atom stereocenters. The maximum Gasteiger partial charge on any atom is 0.225 e. The van der Waals surface area contributed by atoms with Gasteiger partial charge in [-0.1, -0.05) is 24.3 Å². The molecule has 1 amide bonds. The molecule has 3 aromatic rings. The highest BCUT2D eigenvalue weighted by Gasteiger charge is 2.26. The molecule has 6 heteroatoms. The first-order valence-electron chi connectivity index (χ1n) is 10.1. The number of hydrogen-bond donors (Lipinski definition) is 3. The van der Waals surface area contributed by atoms with E-state index in [2.05, 4.69) is 33.8 Å². The molecular formula is C23H27N3O3. The first-order chi connectivity index (χ1) is 14.2. The standard InChI is InChI=1S/C23H27N3O3/c1-3-29-21-9-8-15(10-22(21)28-2)18(13-26-23(27)16-11-24-12-16)19-14-25-20-7-5-4-6-17(19)20/h4-10,14,16,18,24-25H,3,11-13H2,1-2H3,(H,26,27). The van der Waals surface area contributed by atoms with Crippen LogP contribution in [0.5, 0.6) is 11.5 Å². The van der Waals surface area contributed by atoms with Crippen LogP contribution in [0.4, 0.5) is 0 Å². The number of amides is 1. The van der Waals surface area contributed by atoms with Gasteiger partial charge in [-0.15, -0.1) is 0 Å². The van der Waals surface area contributed by atoms with Gasteiger partial charge in [-0.05, 0) is 36.2 Å². The van der Waals surface area contributed by atoms with E-state index >= 15 is 0 Å². The molecule has 4 rings (SSSR count). The normalized spacial score (nSPS) is 15.0. The number of aromatic nitrogens is 1. The molecular weight excluding hydrogens is 366 g/mol. The van der Waals surface area contributed by atoms with E-state index < -0.39 is 0 Å². The second-order valence-corrected chi connectivity index (χ2v) is 7.29. The largest absolute Gasteiger partial charge is 0.493 e. The summed E-state index contributed by atoms with van der Waals surface area (Å²) in [6, 6.07) is 14.2. The molecule has 2 heterocycles. The number of para-hydroxylation sites is 1. The molecule has 0 spiro atoms. The number of aromatic amines is 1. The average molecular weight is 393 g/mol. The molecule has 0 radical (unpaired) electrons. The average Bonchev–Trinajstić information content (AvgIpc) is 3.12. The first-order valence-corrected chi connectivity index (χ1v) is 10.1. The maximum absolute atomic E-state index is 12.5. The lowest BCUT2D eigenvalue weighted by molar-refractivity contribution is -0.126. The van der Waals surface area contributed by atoms with Crippen molar-refractivity contribution in [1.82, 2.24) is 15.6 Å². The zero-order valence-corrected chi connectivity index (χ0v) is 16.8. The molecule has 1 aromatic heterocycles. The number of benzene rings is 2. The summed E-state index contributed by atoms with van der Waals surface area (Å²) in [5, 5.41) is 7.46. The Kier molecular flexibility index (Phi) is 5.71. The molecule has 1 aliphatic heterocycles. The van der Waals surface area contributed by atoms with Gasteiger partial charge in [0.25, 0.3) is 0 Å². The van der Waals surface area contributed by atoms with Crippen molar-refractivity contribution in [3.63, 3.8) is 0 Å². The van der Waals surface area contributed by atoms with E-state index in [-0.39, 0.29) is 17.7 Å². The minimum atomic E-state index is -0.00675. The Balaban J connectivity index is 1.68. The third-order valence-corrected chi connectivity index (χ3v) is 5.52. The molecule has 0 saturated carbocycles. The van der Waals surface area contributed by atoms with E-state index in [0.29, 0.717) is 18.9 Å². The van der Waals surface area contributed by atoms with Crippen LogP contribution in [0.2, 0.25) is 0 Å². The molecule has 2 aromatic carbocycles. The summed E-state index contributed by atoms with van der Waals surface area (Å²) >= 11 is 0. The second kappa shape index (κ2) is 8.57. The predicted molar refractivity (Wildman–Crippen MR) is 114 cm³/mol. The molecule has 1 unspecified atom stereocenters. The lowest BCUT2D eigenvalue weighted by atomic mass is 9.90. The SMILES string of the molecule is CCOc1ccc(C(CNC(=O)C2CNC2)c2c[nH]c3ccccc23)cc1OC. The summed E-state index contributed by atoms with van der Waals surface area (Å²) in [7, 11) is 1.65. The van der Waals surface area contributed by atoms with Gasteiger partial charge in [0.1, 0.15) is 0 Å². The third-order valence-electron chi connectivity index (χ3n) is 5.52. The molecule has 1 fully saturated rings. The van der Waals surface area contributed by atoms with Gasteiger partial charge in [0.15, 0.2) is 11.5 Å². The molecule has 3 N–H and O–H groups in total. The summed E-state index contributed by atoms with van der Waals surface area (Å²) < 4.78 is 11.2. The van der Waals surface area contributed by atoms with Crippen molar-refractivity contribution < 1.29 is 14.3 Å². The van der Waals surface area contributed by atoms with Crippen molar-refractivity contribution in [3.05, 3.63) is 59.8 Å². The highest BCUT2D eigenvalue weighted by atomic mass is 16.5. The first kappa shape index (κ1) is 19.3. The zero-order valence-electron chi connectivity index (χ0n) is 16.8. The van der Waals surface area contributed by atoms with Crippen LogP contribution in [0, 0.1) is 5.92 Å². The number of H-pyrrole nitrogens is 1. The fraction of sp³-hybridized carbons (Fsp3) is 0.348. The maximum atomic E-state index is 12.5. The number of hydrogen-bond acceptors (Lipinski definition) is 4. The number of ether oxygens (including phenoxy) is 2. The van der Waals surface area contributed by atoms with Crippen molar-refractivity contribution in [1.29, 1.82) is 0 Å². The molecule has 0 aliphatic carbocycles. The van der Waals surface area contributed by atoms with E-state index in [1.807, 2.05) is 37.4 Å². The van der Waals surface area contributed by atoms with Crippen molar-refractivity contribution in [3.8, 4) is 11.5 Å². The molecule has 6 nitrogen and oxygen atoms in total. The summed E-state index contributed by atoms with van der Waals surface area (Å²) in [5.41, 5.74) is 3.31. The quantitative estimate of drug-likeness (QED) is 0.550. The molecule has 1 saturated heterocycles. The van der Waals surface area contributed by atoms with E-state index in [1.54, 1.807) is 7.11 Å². The van der Waals surface area contributed by atoms with Gasteiger partial charge in [0.05, 0.1) is 19.6 Å². The van der Waals surface area contributed by atoms with Crippen LogP contribution in [0.15, 0.2) is 48.7 Å². The Labute approximate surface area is 170 Å². The van der Waals surface area contributed by atoms with Crippen LogP contribution in [0.3, 0.4) is 0 Å². The van der Waals surface area contributed by atoms with Gasteiger partial charge in [-0.3, -0.25) is 4.79 Å². The van der Waals surface area contributed by atoms with Crippen molar-refractivity contribution >= 4 is 16.8 Å². The Morgan fingerprint density at radius 3 is 2.76 bits per heavy atom. The Morgan fingerprint density at radius 2 is 2.03 bits per heavy atom. The smallest absolute Gasteiger partial charge is 0.225 e. The number of carbonyl (C=O) groups excluding carboxylic acids is 1. The molecule has 0 bridgehead atoms. The van der Waals surface area contributed by atoms with Crippen LogP contribution in [-0.4, -0.2) is 44.2 Å². The molecule has 152 valence electrons. The Hall–Kier alpha value is -2.99. The van der Waals surface area contributed by atoms with Crippen LogP contribution < -0.4 is 20.1 Å². The van der Waals surface area contributed by atoms with Crippen LogP contribution in [0.25, 0.3) is 10.9 Å². The van der Waals surface area contributed by atoms with Crippen molar-refractivity contribution in [2.75, 3.05) is 33.4 Å². The fourth-order valence-electron chi connectivity index (χ4n) is 3.79. The zero-order chi connectivity index (χ0) is 20.2. The van der Waals surface area contributed by atoms with Crippen LogP contribution >= 0.6 is 0 Å². The number of nitrogens with one attached hydrogen (secondary N) is 3. The molecule has 29 heavy (non-hydrogen) atoms. The van der Waals surface area contributed by atoms with E-state index in [9.17, 15) is 4.79 Å². The lowest BCUT2D eigenvalue weighted by Crippen LogP contribution is -2.51. The van der Waals surface area contributed by atoms with Gasteiger partial charge in [0.2, 0.25) is 5.91 Å². The Bertz CT molecular complexity index is 994. The summed E-state index contributed by atoms with van der Waals surface area (Å²) in [4.78, 5) is 15.8. The van der Waals surface area contributed by atoms with Gasteiger partial charge in [0, 0.05) is 42.7 Å². The van der Waals surface area contributed by atoms with E-state index in [1.165, 1.54) is 0 Å². The monoisotopic (exact) mass is 393 g/mol. The van der Waals surface area contributed by atoms with Gasteiger partial charge in [-0.25, -0.2) is 0 Å². The Morgan fingerprint density at radius 1 is 1.21 bits per heavy atom. The van der Waals surface area contributed by atoms with Crippen molar-refractivity contribution in [2.45, 2.75) is 12.8 Å². The molecule has 1 aliphatic rings.